The minimum absolute atomic E-state index is 0.0382. The molecule has 3 aromatic rings. The Hall–Kier alpha value is -2.65. The second kappa shape index (κ2) is 8.38. The molecule has 0 unspecified atom stereocenters. The number of sulfone groups is 1. The Bertz CT molecular complexity index is 1200. The number of hydrogen-bond acceptors (Lipinski definition) is 5. The number of alkyl halides is 3. The molecule has 0 saturated carbocycles. The second-order valence-corrected chi connectivity index (χ2v) is 7.86. The van der Waals surface area contributed by atoms with E-state index in [2.05, 4.69) is 26.1 Å². The summed E-state index contributed by atoms with van der Waals surface area (Å²) in [5, 5.41) is 14.7. The maximum atomic E-state index is 13.5. The predicted octanol–water partition coefficient (Wildman–Crippen LogP) is 5.45. The van der Waals surface area contributed by atoms with E-state index in [1.54, 1.807) is 6.07 Å². The van der Waals surface area contributed by atoms with Crippen molar-refractivity contribution in [3.05, 3.63) is 46.3 Å². The average Bonchev–Trinajstić information content (AvgIpc) is 3.04. The molecule has 12 heteroatoms. The lowest BCUT2D eigenvalue weighted by Crippen LogP contribution is -2.23. The molecule has 0 amide bonds. The summed E-state index contributed by atoms with van der Waals surface area (Å²) in [6.45, 7) is 4.00. The number of rotatable bonds is 3. The van der Waals surface area contributed by atoms with Gasteiger partial charge in [-0.2, -0.15) is 23.5 Å². The van der Waals surface area contributed by atoms with Crippen molar-refractivity contribution in [1.82, 2.24) is 10.2 Å². The zero-order valence-electron chi connectivity index (χ0n) is 14.8. The number of ether oxygens (including phenoxy) is 1. The Balaban J connectivity index is 0.00000145. The lowest BCUT2D eigenvalue weighted by molar-refractivity contribution is -0.0435. The van der Waals surface area contributed by atoms with Gasteiger partial charge in [-0.1, -0.05) is 13.8 Å². The van der Waals surface area contributed by atoms with Crippen LogP contribution in [0.4, 0.5) is 17.6 Å². The number of benzene rings is 2. The van der Waals surface area contributed by atoms with Gasteiger partial charge in [0.15, 0.2) is 0 Å². The number of nitrogens with zero attached hydrogens (tertiary/aromatic N) is 2. The van der Waals surface area contributed by atoms with Gasteiger partial charge < -0.3 is 4.74 Å². The third-order valence-electron chi connectivity index (χ3n) is 3.41. The van der Waals surface area contributed by atoms with Gasteiger partial charge in [0.1, 0.15) is 32.3 Å². The third kappa shape index (κ3) is 4.35. The molecule has 0 aliphatic carbocycles. The van der Waals surface area contributed by atoms with Crippen molar-refractivity contribution in [2.75, 3.05) is 0 Å². The van der Waals surface area contributed by atoms with E-state index in [-0.39, 0.29) is 27.1 Å². The number of nitriles is 1. The summed E-state index contributed by atoms with van der Waals surface area (Å²) >= 11 is 3.02. The van der Waals surface area contributed by atoms with E-state index in [1.165, 1.54) is 6.07 Å². The van der Waals surface area contributed by atoms with Gasteiger partial charge in [-0.15, -0.1) is 0 Å². The number of halogens is 5. The Morgan fingerprint density at radius 2 is 1.86 bits per heavy atom. The zero-order valence-corrected chi connectivity index (χ0v) is 17.2. The molecule has 1 heterocycles. The van der Waals surface area contributed by atoms with Crippen LogP contribution in [0.25, 0.3) is 10.9 Å². The molecule has 1 N–H and O–H groups in total. The van der Waals surface area contributed by atoms with Gasteiger partial charge in [-0.3, -0.25) is 5.10 Å². The fraction of sp³-hybridized carbons (Fsp3) is 0.176. The molecular formula is C17H12BrF4N3O3S. The maximum absolute atomic E-state index is 13.5. The fourth-order valence-electron chi connectivity index (χ4n) is 2.28. The smallest absolute Gasteiger partial charge is 0.456 e. The van der Waals surface area contributed by atoms with Crippen LogP contribution in [0, 0.1) is 17.1 Å². The highest BCUT2D eigenvalue weighted by atomic mass is 79.9. The molecule has 6 nitrogen and oxygen atoms in total. The SMILES string of the molecule is CC.N#Cc1cc(F)cc(Oc2ccc(S(=O)(=O)C(F)(F)F)c3n[nH]c(Br)c23)c1. The molecule has 0 saturated heterocycles. The molecule has 1 aromatic heterocycles. The van der Waals surface area contributed by atoms with Crippen molar-refractivity contribution in [3.8, 4) is 17.6 Å². The summed E-state index contributed by atoms with van der Waals surface area (Å²) < 4.78 is 81.2. The molecule has 0 fully saturated rings. The first-order valence-corrected chi connectivity index (χ1v) is 10.2. The van der Waals surface area contributed by atoms with Gasteiger partial charge in [-0.05, 0) is 40.2 Å². The highest BCUT2D eigenvalue weighted by molar-refractivity contribution is 9.10. The number of fused-ring (bicyclic) bond motifs is 1. The first-order chi connectivity index (χ1) is 13.5. The second-order valence-electron chi connectivity index (χ2n) is 5.16. The highest BCUT2D eigenvalue weighted by Crippen LogP contribution is 2.40. The van der Waals surface area contributed by atoms with Gasteiger partial charge >= 0.3 is 5.51 Å². The van der Waals surface area contributed by atoms with Crippen molar-refractivity contribution in [1.29, 1.82) is 5.26 Å². The topological polar surface area (TPSA) is 95.8 Å². The maximum Gasteiger partial charge on any atom is 0.501 e. The van der Waals surface area contributed by atoms with Gasteiger partial charge in [0.05, 0.1) is 17.0 Å². The molecule has 2 aromatic carbocycles. The molecule has 0 aliphatic heterocycles. The monoisotopic (exact) mass is 493 g/mol. The number of H-pyrrole nitrogens is 1. The Morgan fingerprint density at radius 1 is 1.21 bits per heavy atom. The Morgan fingerprint density at radius 3 is 2.45 bits per heavy atom. The molecule has 0 aliphatic rings. The summed E-state index contributed by atoms with van der Waals surface area (Å²) in [6, 6.07) is 6.55. The van der Waals surface area contributed by atoms with Crippen LogP contribution in [0.15, 0.2) is 39.8 Å². The lowest BCUT2D eigenvalue weighted by Gasteiger charge is -2.11. The molecule has 0 radical (unpaired) electrons. The fourth-order valence-corrected chi connectivity index (χ4v) is 3.65. The first-order valence-electron chi connectivity index (χ1n) is 7.91. The van der Waals surface area contributed by atoms with E-state index >= 15 is 0 Å². The van der Waals surface area contributed by atoms with Crippen LogP contribution in [0.5, 0.6) is 11.5 Å². The van der Waals surface area contributed by atoms with Crippen molar-refractivity contribution < 1.29 is 30.7 Å². The zero-order chi connectivity index (χ0) is 22.0. The Kier molecular flexibility index (Phi) is 6.54. The van der Waals surface area contributed by atoms with Gasteiger partial charge in [0, 0.05) is 6.07 Å². The summed E-state index contributed by atoms with van der Waals surface area (Å²) in [5.41, 5.74) is -6.06. The molecular weight excluding hydrogens is 482 g/mol. The van der Waals surface area contributed by atoms with Crippen LogP contribution < -0.4 is 4.74 Å². The molecule has 0 spiro atoms. The number of aromatic nitrogens is 2. The first kappa shape index (κ1) is 22.6. The van der Waals surface area contributed by atoms with E-state index < -0.39 is 31.6 Å². The molecule has 3 rings (SSSR count). The van der Waals surface area contributed by atoms with Crippen LogP contribution in [0.1, 0.15) is 19.4 Å². The summed E-state index contributed by atoms with van der Waals surface area (Å²) in [5.74, 6) is -0.962. The highest BCUT2D eigenvalue weighted by Gasteiger charge is 2.48. The minimum Gasteiger partial charge on any atom is -0.456 e. The van der Waals surface area contributed by atoms with E-state index in [4.69, 9.17) is 10.00 Å². The standard InChI is InChI=1S/C15H6BrF4N3O3S.C2H6/c16-14-12-10(26-9-4-7(6-21)3-8(17)5-9)1-2-11(13(12)22-23-14)27(24,25)15(18,19)20;1-2/h1-5H,(H,22,23);1-2H3. The van der Waals surface area contributed by atoms with Crippen LogP contribution >= 0.6 is 15.9 Å². The summed E-state index contributed by atoms with van der Waals surface area (Å²) in [6.07, 6.45) is 0. The van der Waals surface area contributed by atoms with Gasteiger partial charge in [0.2, 0.25) is 0 Å². The molecule has 0 bridgehead atoms. The number of nitrogens with one attached hydrogen (secondary N) is 1. The molecule has 29 heavy (non-hydrogen) atoms. The van der Waals surface area contributed by atoms with E-state index in [0.717, 1.165) is 18.2 Å². The minimum atomic E-state index is -5.66. The van der Waals surface area contributed by atoms with Crippen molar-refractivity contribution in [2.45, 2.75) is 24.3 Å². The van der Waals surface area contributed by atoms with Crippen LogP contribution in [-0.4, -0.2) is 24.1 Å². The van der Waals surface area contributed by atoms with Crippen LogP contribution in [0.3, 0.4) is 0 Å². The van der Waals surface area contributed by atoms with Gasteiger partial charge in [-0.25, -0.2) is 12.8 Å². The van der Waals surface area contributed by atoms with E-state index in [9.17, 15) is 26.0 Å². The van der Waals surface area contributed by atoms with Crippen LogP contribution in [0.2, 0.25) is 0 Å². The lowest BCUT2D eigenvalue weighted by atomic mass is 10.2. The third-order valence-corrected chi connectivity index (χ3v) is 5.50. The van der Waals surface area contributed by atoms with Gasteiger partial charge in [0.25, 0.3) is 9.84 Å². The summed E-state index contributed by atoms with van der Waals surface area (Å²) in [4.78, 5) is -1.06. The molecule has 154 valence electrons. The average molecular weight is 494 g/mol. The summed E-state index contributed by atoms with van der Waals surface area (Å²) in [7, 11) is -5.66. The Labute approximate surface area is 171 Å². The van der Waals surface area contributed by atoms with Crippen molar-refractivity contribution in [2.24, 2.45) is 0 Å². The number of aromatic amines is 1. The van der Waals surface area contributed by atoms with Crippen LogP contribution in [-0.2, 0) is 9.84 Å². The largest absolute Gasteiger partial charge is 0.501 e. The van der Waals surface area contributed by atoms with Crippen molar-refractivity contribution in [3.63, 3.8) is 0 Å². The molecule has 0 atom stereocenters. The normalized spacial score (nSPS) is 11.5. The number of hydrogen-bond donors (Lipinski definition) is 1. The van der Waals surface area contributed by atoms with E-state index in [0.29, 0.717) is 6.07 Å². The van der Waals surface area contributed by atoms with E-state index in [1.807, 2.05) is 13.8 Å². The predicted molar refractivity (Wildman–Crippen MR) is 99.6 cm³/mol. The van der Waals surface area contributed by atoms with Crippen molar-refractivity contribution >= 4 is 36.7 Å². The quantitative estimate of drug-likeness (QED) is 0.489.